The first-order chi connectivity index (χ1) is 7.16. The van der Waals surface area contributed by atoms with E-state index in [1.54, 1.807) is 0 Å². The van der Waals surface area contributed by atoms with Crippen LogP contribution in [0.4, 0.5) is 0 Å². The Balaban J connectivity index is 4.31. The highest BCUT2D eigenvalue weighted by Crippen LogP contribution is 2.15. The number of carbonyl (C=O) groups is 2. The van der Waals surface area contributed by atoms with Gasteiger partial charge in [-0.05, 0) is 26.7 Å². The van der Waals surface area contributed by atoms with Crippen molar-refractivity contribution in [3.8, 4) is 0 Å². The van der Waals surface area contributed by atoms with Crippen LogP contribution in [0.5, 0.6) is 0 Å². The first kappa shape index (κ1) is 15.2. The summed E-state index contributed by atoms with van der Waals surface area (Å²) < 4.78 is 9.94. The molecule has 0 bridgehead atoms. The third-order valence-electron chi connectivity index (χ3n) is 1.72. The molecule has 0 rings (SSSR count). The molecular weight excluding hydrogens is 232 g/mol. The van der Waals surface area contributed by atoms with Crippen LogP contribution in [0, 0.1) is 5.92 Å². The standard InChI is InChI=1S/C11H19ClO4/c1-7(2)6-15-10(14)11(4,5)16-9(13)8(3)12/h7-8H,6H2,1-5H3. The molecule has 1 atom stereocenters. The SMILES string of the molecule is CC(C)COC(=O)C(C)(C)OC(=O)C(C)Cl. The minimum absolute atomic E-state index is 0.238. The summed E-state index contributed by atoms with van der Waals surface area (Å²) in [6, 6.07) is 0. The quantitative estimate of drug-likeness (QED) is 0.554. The van der Waals surface area contributed by atoms with E-state index in [4.69, 9.17) is 21.1 Å². The van der Waals surface area contributed by atoms with Crippen molar-refractivity contribution in [3.05, 3.63) is 0 Å². The molecule has 0 heterocycles. The summed E-state index contributed by atoms with van der Waals surface area (Å²) in [6.07, 6.45) is 0. The average Bonchev–Trinajstić information content (AvgIpc) is 2.12. The van der Waals surface area contributed by atoms with Gasteiger partial charge < -0.3 is 9.47 Å². The lowest BCUT2D eigenvalue weighted by molar-refractivity contribution is -0.178. The second-order valence-corrected chi connectivity index (χ2v) is 5.19. The van der Waals surface area contributed by atoms with E-state index in [1.165, 1.54) is 20.8 Å². The fourth-order valence-electron chi connectivity index (χ4n) is 0.790. The Hall–Kier alpha value is -0.770. The maximum atomic E-state index is 11.6. The number of hydrogen-bond acceptors (Lipinski definition) is 4. The lowest BCUT2D eigenvalue weighted by atomic mass is 10.1. The van der Waals surface area contributed by atoms with Gasteiger partial charge in [0.05, 0.1) is 6.61 Å². The zero-order chi connectivity index (χ0) is 12.9. The molecule has 0 aliphatic carbocycles. The number of esters is 2. The van der Waals surface area contributed by atoms with Gasteiger partial charge in [0.2, 0.25) is 5.60 Å². The summed E-state index contributed by atoms with van der Waals surface area (Å²) in [5, 5.41) is -0.780. The normalized spacial score (nSPS) is 13.4. The van der Waals surface area contributed by atoms with E-state index >= 15 is 0 Å². The van der Waals surface area contributed by atoms with Gasteiger partial charge in [-0.2, -0.15) is 0 Å². The molecule has 0 aliphatic rings. The van der Waals surface area contributed by atoms with Gasteiger partial charge in [-0.3, -0.25) is 4.79 Å². The summed E-state index contributed by atoms with van der Waals surface area (Å²) in [5.41, 5.74) is -1.30. The molecule has 0 saturated heterocycles. The highest BCUT2D eigenvalue weighted by Gasteiger charge is 2.34. The van der Waals surface area contributed by atoms with Crippen LogP contribution < -0.4 is 0 Å². The third-order valence-corrected chi connectivity index (χ3v) is 1.90. The molecule has 0 fully saturated rings. The smallest absolute Gasteiger partial charge is 0.350 e. The Bertz CT molecular complexity index is 259. The van der Waals surface area contributed by atoms with Crippen molar-refractivity contribution in [2.24, 2.45) is 5.92 Å². The first-order valence-corrected chi connectivity index (χ1v) is 5.64. The van der Waals surface area contributed by atoms with Crippen molar-refractivity contribution in [2.45, 2.75) is 45.6 Å². The average molecular weight is 251 g/mol. The highest BCUT2D eigenvalue weighted by molar-refractivity contribution is 6.29. The molecule has 0 aromatic heterocycles. The minimum atomic E-state index is -1.30. The second-order valence-electron chi connectivity index (χ2n) is 4.54. The zero-order valence-electron chi connectivity index (χ0n) is 10.4. The third kappa shape index (κ3) is 5.35. The molecule has 94 valence electrons. The van der Waals surface area contributed by atoms with Gasteiger partial charge >= 0.3 is 11.9 Å². The molecule has 0 aliphatic heterocycles. The van der Waals surface area contributed by atoms with Gasteiger partial charge in [-0.1, -0.05) is 13.8 Å². The summed E-state index contributed by atoms with van der Waals surface area (Å²) in [5.74, 6) is -0.956. The van der Waals surface area contributed by atoms with Gasteiger partial charge in [0, 0.05) is 0 Å². The lowest BCUT2D eigenvalue weighted by Crippen LogP contribution is -2.40. The predicted octanol–water partition coefficient (Wildman–Crippen LogP) is 2.13. The molecule has 1 unspecified atom stereocenters. The van der Waals surface area contributed by atoms with E-state index in [-0.39, 0.29) is 5.92 Å². The second kappa shape index (κ2) is 6.09. The first-order valence-electron chi connectivity index (χ1n) is 5.21. The summed E-state index contributed by atoms with van der Waals surface area (Å²) >= 11 is 5.54. The Labute approximate surface area is 101 Å². The Morgan fingerprint density at radius 1 is 1.25 bits per heavy atom. The van der Waals surface area contributed by atoms with Crippen molar-refractivity contribution in [2.75, 3.05) is 6.61 Å². The van der Waals surface area contributed by atoms with Gasteiger partial charge in [0.15, 0.2) is 0 Å². The van der Waals surface area contributed by atoms with Crippen molar-refractivity contribution in [3.63, 3.8) is 0 Å². The number of ether oxygens (including phenoxy) is 2. The molecule has 0 saturated carbocycles. The lowest BCUT2D eigenvalue weighted by Gasteiger charge is -2.24. The fraction of sp³-hybridized carbons (Fsp3) is 0.818. The molecule has 0 N–H and O–H groups in total. The summed E-state index contributed by atoms with van der Waals surface area (Å²) in [6.45, 7) is 8.59. The van der Waals surface area contributed by atoms with Crippen LogP contribution in [0.2, 0.25) is 0 Å². The number of rotatable bonds is 5. The maximum Gasteiger partial charge on any atom is 0.350 e. The largest absolute Gasteiger partial charge is 0.462 e. The molecule has 0 aromatic carbocycles. The minimum Gasteiger partial charge on any atom is -0.462 e. The fourth-order valence-corrected chi connectivity index (χ4v) is 0.835. The molecule has 5 heteroatoms. The number of halogens is 1. The van der Waals surface area contributed by atoms with Crippen LogP contribution in [0.3, 0.4) is 0 Å². The Morgan fingerprint density at radius 2 is 1.75 bits per heavy atom. The van der Waals surface area contributed by atoms with Gasteiger partial charge in [-0.25, -0.2) is 4.79 Å². The molecule has 0 spiro atoms. The Kier molecular flexibility index (Phi) is 5.79. The van der Waals surface area contributed by atoms with Crippen LogP contribution in [0.15, 0.2) is 0 Å². The molecule has 0 amide bonds. The predicted molar refractivity (Wildman–Crippen MR) is 61.3 cm³/mol. The van der Waals surface area contributed by atoms with Gasteiger partial charge in [-0.15, -0.1) is 11.6 Å². The van der Waals surface area contributed by atoms with Crippen LogP contribution in [-0.4, -0.2) is 29.5 Å². The molecule has 16 heavy (non-hydrogen) atoms. The molecule has 4 nitrogen and oxygen atoms in total. The molecule has 0 aromatic rings. The molecular formula is C11H19ClO4. The van der Waals surface area contributed by atoms with Crippen LogP contribution in [-0.2, 0) is 19.1 Å². The van der Waals surface area contributed by atoms with Crippen molar-refractivity contribution in [1.29, 1.82) is 0 Å². The maximum absolute atomic E-state index is 11.6. The van der Waals surface area contributed by atoms with E-state index in [0.717, 1.165) is 0 Å². The van der Waals surface area contributed by atoms with E-state index in [0.29, 0.717) is 6.61 Å². The van der Waals surface area contributed by atoms with Gasteiger partial charge in [0.25, 0.3) is 0 Å². The number of hydrogen-bond donors (Lipinski definition) is 0. The zero-order valence-corrected chi connectivity index (χ0v) is 11.1. The summed E-state index contributed by atoms with van der Waals surface area (Å²) in [7, 11) is 0. The van der Waals surface area contributed by atoms with Crippen LogP contribution in [0.25, 0.3) is 0 Å². The number of carbonyl (C=O) groups excluding carboxylic acids is 2. The van der Waals surface area contributed by atoms with E-state index in [1.807, 2.05) is 13.8 Å². The van der Waals surface area contributed by atoms with E-state index < -0.39 is 22.9 Å². The van der Waals surface area contributed by atoms with Crippen LogP contribution >= 0.6 is 11.6 Å². The highest BCUT2D eigenvalue weighted by atomic mass is 35.5. The molecule has 0 radical (unpaired) electrons. The van der Waals surface area contributed by atoms with Crippen molar-refractivity contribution in [1.82, 2.24) is 0 Å². The summed E-state index contributed by atoms with van der Waals surface area (Å²) in [4.78, 5) is 22.8. The van der Waals surface area contributed by atoms with E-state index in [2.05, 4.69) is 0 Å². The topological polar surface area (TPSA) is 52.6 Å². The Morgan fingerprint density at radius 3 is 2.12 bits per heavy atom. The van der Waals surface area contributed by atoms with Crippen molar-refractivity contribution < 1.29 is 19.1 Å². The monoisotopic (exact) mass is 250 g/mol. The van der Waals surface area contributed by atoms with Crippen LogP contribution in [0.1, 0.15) is 34.6 Å². The van der Waals surface area contributed by atoms with Gasteiger partial charge in [0.1, 0.15) is 5.38 Å². The number of alkyl halides is 1. The van der Waals surface area contributed by atoms with Crippen molar-refractivity contribution >= 4 is 23.5 Å². The van der Waals surface area contributed by atoms with E-state index in [9.17, 15) is 9.59 Å².